The lowest BCUT2D eigenvalue weighted by Crippen LogP contribution is -2.26. The van der Waals surface area contributed by atoms with Crippen LogP contribution in [0, 0.1) is 17.7 Å². The van der Waals surface area contributed by atoms with Gasteiger partial charge >= 0.3 is 6.18 Å². The average molecular weight is 452 g/mol. The number of hydrogen-bond donors (Lipinski definition) is 2. The van der Waals surface area contributed by atoms with Crippen molar-refractivity contribution >= 4 is 11.6 Å². The van der Waals surface area contributed by atoms with Crippen LogP contribution in [0.5, 0.6) is 0 Å². The van der Waals surface area contributed by atoms with Crippen molar-refractivity contribution in [1.29, 1.82) is 0 Å². The van der Waals surface area contributed by atoms with Gasteiger partial charge < -0.3 is 15.3 Å². The molecule has 0 radical (unpaired) electrons. The highest BCUT2D eigenvalue weighted by molar-refractivity contribution is 5.53. The average Bonchev–Trinajstić information content (AvgIpc) is 3.28. The third-order valence-electron chi connectivity index (χ3n) is 6.70. The smallest absolute Gasteiger partial charge is 0.396 e. The van der Waals surface area contributed by atoms with Gasteiger partial charge in [0.15, 0.2) is 11.6 Å². The molecule has 2 aliphatic rings. The van der Waals surface area contributed by atoms with E-state index in [1.807, 2.05) is 4.90 Å². The van der Waals surface area contributed by atoms with E-state index in [1.54, 1.807) is 0 Å². The zero-order valence-electron chi connectivity index (χ0n) is 17.8. The van der Waals surface area contributed by atoms with Crippen molar-refractivity contribution in [3.05, 3.63) is 47.5 Å². The largest absolute Gasteiger partial charge is 0.416 e. The van der Waals surface area contributed by atoms with Crippen molar-refractivity contribution in [2.24, 2.45) is 11.8 Å². The summed E-state index contributed by atoms with van der Waals surface area (Å²) in [5.74, 6) is 0.565. The Morgan fingerprint density at radius 2 is 1.69 bits per heavy atom. The number of aromatic nitrogens is 2. The van der Waals surface area contributed by atoms with Gasteiger partial charge in [0, 0.05) is 19.7 Å². The molecule has 1 atom stereocenters. The van der Waals surface area contributed by atoms with E-state index in [2.05, 4.69) is 15.3 Å². The van der Waals surface area contributed by atoms with Crippen LogP contribution in [-0.2, 0) is 6.18 Å². The normalized spacial score (nSPS) is 24.0. The van der Waals surface area contributed by atoms with E-state index in [9.17, 15) is 18.3 Å². The molecule has 1 aliphatic carbocycles. The molecule has 1 aromatic carbocycles. The van der Waals surface area contributed by atoms with Crippen LogP contribution < -0.4 is 10.2 Å². The number of anilines is 2. The Labute approximate surface area is 184 Å². The maximum atomic E-state index is 15.3. The second-order valence-electron chi connectivity index (χ2n) is 8.78. The summed E-state index contributed by atoms with van der Waals surface area (Å²) in [6, 6.07) is 4.84. The summed E-state index contributed by atoms with van der Waals surface area (Å²) in [6.45, 7) is 1.40. The molecule has 1 saturated carbocycles. The maximum absolute atomic E-state index is 15.3. The van der Waals surface area contributed by atoms with Crippen molar-refractivity contribution in [3.8, 4) is 0 Å². The fourth-order valence-electron chi connectivity index (χ4n) is 4.80. The molecule has 0 spiro atoms. The first-order valence-corrected chi connectivity index (χ1v) is 11.2. The zero-order chi connectivity index (χ0) is 22.7. The van der Waals surface area contributed by atoms with Crippen molar-refractivity contribution in [1.82, 2.24) is 9.97 Å². The molecule has 0 amide bonds. The molecule has 32 heavy (non-hydrogen) atoms. The SMILES string of the molecule is OCC1CCC(CNc2ncnc(N3CCCC3c3ccc(C(F)(F)F)cc3)c2F)CC1. The van der Waals surface area contributed by atoms with E-state index in [4.69, 9.17) is 0 Å². The molecular formula is C23H28F4N4O. The maximum Gasteiger partial charge on any atom is 0.416 e. The van der Waals surface area contributed by atoms with Crippen LogP contribution >= 0.6 is 0 Å². The quantitative estimate of drug-likeness (QED) is 0.591. The van der Waals surface area contributed by atoms with Gasteiger partial charge in [-0.1, -0.05) is 12.1 Å². The standard InChI is InChI=1S/C23H28F4N4O/c24-20-21(28-12-15-3-5-16(13-32)6-4-15)29-14-30-22(20)31-11-1-2-19(31)17-7-9-18(10-8-17)23(25,26)27/h7-10,14-16,19,32H,1-6,11-13H2,(H,28,29,30). The van der Waals surface area contributed by atoms with E-state index in [-0.39, 0.29) is 24.3 Å². The molecule has 1 aliphatic heterocycles. The molecule has 5 nitrogen and oxygen atoms in total. The summed E-state index contributed by atoms with van der Waals surface area (Å²) in [5, 5.41) is 12.4. The highest BCUT2D eigenvalue weighted by Gasteiger charge is 2.33. The summed E-state index contributed by atoms with van der Waals surface area (Å²) < 4.78 is 53.9. The van der Waals surface area contributed by atoms with Gasteiger partial charge in [-0.2, -0.15) is 17.6 Å². The summed E-state index contributed by atoms with van der Waals surface area (Å²) >= 11 is 0. The Hall–Kier alpha value is -2.42. The van der Waals surface area contributed by atoms with Crippen molar-refractivity contribution in [3.63, 3.8) is 0 Å². The molecule has 2 heterocycles. The van der Waals surface area contributed by atoms with E-state index in [0.29, 0.717) is 36.9 Å². The van der Waals surface area contributed by atoms with E-state index in [0.717, 1.165) is 44.2 Å². The van der Waals surface area contributed by atoms with Crippen LogP contribution in [0.4, 0.5) is 29.2 Å². The van der Waals surface area contributed by atoms with Crippen molar-refractivity contribution < 1.29 is 22.7 Å². The van der Waals surface area contributed by atoms with E-state index >= 15 is 4.39 Å². The predicted molar refractivity (Wildman–Crippen MR) is 114 cm³/mol. The molecule has 174 valence electrons. The lowest BCUT2D eigenvalue weighted by molar-refractivity contribution is -0.137. The molecule has 2 fully saturated rings. The van der Waals surface area contributed by atoms with Crippen molar-refractivity contribution in [2.45, 2.75) is 50.7 Å². The molecule has 2 N–H and O–H groups in total. The number of aliphatic hydroxyl groups excluding tert-OH is 1. The van der Waals surface area contributed by atoms with Gasteiger partial charge in [-0.25, -0.2) is 9.97 Å². The second-order valence-corrected chi connectivity index (χ2v) is 8.78. The molecule has 1 aromatic heterocycles. The number of benzene rings is 1. The summed E-state index contributed by atoms with van der Waals surface area (Å²) in [6.07, 6.45) is 2.37. The van der Waals surface area contributed by atoms with Gasteiger partial charge in [0.05, 0.1) is 11.6 Å². The first-order valence-electron chi connectivity index (χ1n) is 11.2. The lowest BCUT2D eigenvalue weighted by Gasteiger charge is -2.28. The first kappa shape index (κ1) is 22.8. The van der Waals surface area contributed by atoms with Gasteiger partial charge in [0.1, 0.15) is 6.33 Å². The molecule has 0 bridgehead atoms. The highest BCUT2D eigenvalue weighted by atomic mass is 19.4. The fraction of sp³-hybridized carbons (Fsp3) is 0.565. The first-order chi connectivity index (χ1) is 15.4. The van der Waals surface area contributed by atoms with Gasteiger partial charge in [0.25, 0.3) is 0 Å². The van der Waals surface area contributed by atoms with Gasteiger partial charge in [0.2, 0.25) is 5.82 Å². The summed E-state index contributed by atoms with van der Waals surface area (Å²) in [5.41, 5.74) is 0.0159. The van der Waals surface area contributed by atoms with Crippen LogP contribution in [0.2, 0.25) is 0 Å². The van der Waals surface area contributed by atoms with Gasteiger partial charge in [-0.3, -0.25) is 0 Å². The third-order valence-corrected chi connectivity index (χ3v) is 6.70. The number of nitrogens with one attached hydrogen (secondary N) is 1. The fourth-order valence-corrected chi connectivity index (χ4v) is 4.80. The Morgan fingerprint density at radius 1 is 1.00 bits per heavy atom. The van der Waals surface area contributed by atoms with Crippen molar-refractivity contribution in [2.75, 3.05) is 29.9 Å². The summed E-state index contributed by atoms with van der Waals surface area (Å²) in [4.78, 5) is 10.1. The lowest BCUT2D eigenvalue weighted by atomic mass is 9.82. The molecule has 9 heteroatoms. The van der Waals surface area contributed by atoms with Crippen LogP contribution in [0.25, 0.3) is 0 Å². The monoisotopic (exact) mass is 452 g/mol. The van der Waals surface area contributed by atoms with Crippen LogP contribution in [0.3, 0.4) is 0 Å². The zero-order valence-corrected chi connectivity index (χ0v) is 17.8. The molecule has 4 rings (SSSR count). The minimum absolute atomic E-state index is 0.150. The molecular weight excluding hydrogens is 424 g/mol. The van der Waals surface area contributed by atoms with Gasteiger partial charge in [-0.15, -0.1) is 0 Å². The number of rotatable bonds is 6. The van der Waals surface area contributed by atoms with Crippen LogP contribution in [-0.4, -0.2) is 34.8 Å². The van der Waals surface area contributed by atoms with Crippen LogP contribution in [0.1, 0.15) is 55.7 Å². The molecule has 1 unspecified atom stereocenters. The van der Waals surface area contributed by atoms with E-state index in [1.165, 1.54) is 18.5 Å². The van der Waals surface area contributed by atoms with E-state index < -0.39 is 17.6 Å². The minimum Gasteiger partial charge on any atom is -0.396 e. The number of alkyl halides is 3. The number of hydrogen-bond acceptors (Lipinski definition) is 5. The van der Waals surface area contributed by atoms with Crippen LogP contribution in [0.15, 0.2) is 30.6 Å². The number of halogens is 4. The summed E-state index contributed by atoms with van der Waals surface area (Å²) in [7, 11) is 0. The third kappa shape index (κ3) is 4.98. The second kappa shape index (κ2) is 9.60. The number of nitrogens with zero attached hydrogens (tertiary/aromatic N) is 3. The predicted octanol–water partition coefficient (Wildman–Crippen LogP) is 5.19. The Kier molecular flexibility index (Phi) is 6.83. The topological polar surface area (TPSA) is 61.3 Å². The minimum atomic E-state index is -4.38. The number of aliphatic hydroxyl groups is 1. The molecule has 2 aromatic rings. The Balaban J connectivity index is 1.46. The Morgan fingerprint density at radius 3 is 2.34 bits per heavy atom. The highest BCUT2D eigenvalue weighted by Crippen LogP contribution is 2.38. The molecule has 1 saturated heterocycles. The van der Waals surface area contributed by atoms with Gasteiger partial charge in [-0.05, 0) is 68.1 Å². The Bertz CT molecular complexity index is 898.